The summed E-state index contributed by atoms with van der Waals surface area (Å²) >= 11 is 0. The van der Waals surface area contributed by atoms with Gasteiger partial charge in [-0.1, -0.05) is 13.0 Å². The van der Waals surface area contributed by atoms with E-state index in [9.17, 15) is 8.78 Å². The molecule has 1 fully saturated rings. The Morgan fingerprint density at radius 2 is 2.06 bits per heavy atom. The fourth-order valence-electron chi connectivity index (χ4n) is 2.00. The highest BCUT2D eigenvalue weighted by atomic mass is 19.3. The molecular formula is C12H19BF2N2O. The van der Waals surface area contributed by atoms with E-state index in [4.69, 9.17) is 12.7 Å². The summed E-state index contributed by atoms with van der Waals surface area (Å²) in [4.78, 5) is 5.61. The highest BCUT2D eigenvalue weighted by Crippen LogP contribution is 2.17. The molecule has 18 heavy (non-hydrogen) atoms. The van der Waals surface area contributed by atoms with Gasteiger partial charge in [-0.2, -0.15) is 0 Å². The van der Waals surface area contributed by atoms with Crippen molar-refractivity contribution in [3.05, 3.63) is 11.8 Å². The molecular weight excluding hydrogens is 237 g/mol. The van der Waals surface area contributed by atoms with Gasteiger partial charge in [0.15, 0.2) is 6.61 Å². The maximum absolute atomic E-state index is 12.2. The predicted molar refractivity (Wildman–Crippen MR) is 68.9 cm³/mol. The molecule has 0 aromatic rings. The van der Waals surface area contributed by atoms with Gasteiger partial charge in [-0.15, -0.1) is 0 Å². The fourth-order valence-corrected chi connectivity index (χ4v) is 2.00. The molecule has 0 spiro atoms. The van der Waals surface area contributed by atoms with E-state index in [1.165, 1.54) is 6.42 Å². The first-order chi connectivity index (χ1) is 8.69. The van der Waals surface area contributed by atoms with Crippen LogP contribution < -0.4 is 0 Å². The lowest BCUT2D eigenvalue weighted by Gasteiger charge is -2.31. The van der Waals surface area contributed by atoms with Crippen LogP contribution in [0.25, 0.3) is 0 Å². The average Bonchev–Trinajstić information content (AvgIpc) is 2.39. The van der Waals surface area contributed by atoms with Gasteiger partial charge >= 0.3 is 0 Å². The van der Waals surface area contributed by atoms with Crippen molar-refractivity contribution in [1.29, 1.82) is 0 Å². The average molecular weight is 256 g/mol. The Balaban J connectivity index is 2.72. The van der Waals surface area contributed by atoms with Crippen LogP contribution in [0.1, 0.15) is 32.6 Å². The monoisotopic (exact) mass is 256 g/mol. The highest BCUT2D eigenvalue weighted by Gasteiger charge is 2.19. The van der Waals surface area contributed by atoms with E-state index in [2.05, 4.69) is 9.80 Å². The molecule has 0 aliphatic carbocycles. The lowest BCUT2D eigenvalue weighted by molar-refractivity contribution is 0.0751. The molecule has 0 bridgehead atoms. The van der Waals surface area contributed by atoms with E-state index in [0.29, 0.717) is 0 Å². The Labute approximate surface area is 108 Å². The number of hydrogen-bond acceptors (Lipinski definition) is 3. The molecule has 2 radical (unpaired) electrons. The first kappa shape index (κ1) is 15.0. The topological polar surface area (TPSA) is 24.8 Å². The molecule has 3 nitrogen and oxygen atoms in total. The number of nitrogens with zero attached hydrogens (tertiary/aromatic N) is 2. The zero-order valence-corrected chi connectivity index (χ0v) is 10.7. The van der Waals surface area contributed by atoms with Gasteiger partial charge in [0.05, 0.1) is 5.70 Å². The molecule has 1 aliphatic heterocycles. The maximum Gasteiger partial charge on any atom is 0.272 e. The summed E-state index contributed by atoms with van der Waals surface area (Å²) in [5.74, 6) is 0.110. The SMILES string of the molecule is [B]N=C(OCC(F)F)/C(=C\CC)N1CCCCC1. The van der Waals surface area contributed by atoms with Crippen LogP contribution in [0, 0.1) is 0 Å². The summed E-state index contributed by atoms with van der Waals surface area (Å²) in [6.45, 7) is 3.09. The number of piperidine rings is 1. The van der Waals surface area contributed by atoms with Gasteiger partial charge < -0.3 is 14.5 Å². The normalized spacial score (nSPS) is 18.3. The zero-order valence-electron chi connectivity index (χ0n) is 10.7. The highest BCUT2D eigenvalue weighted by molar-refractivity contribution is 6.14. The van der Waals surface area contributed by atoms with Gasteiger partial charge in [0.2, 0.25) is 5.90 Å². The largest absolute Gasteiger partial charge is 0.471 e. The third-order valence-corrected chi connectivity index (χ3v) is 2.78. The quantitative estimate of drug-likeness (QED) is 0.429. The van der Waals surface area contributed by atoms with Crippen molar-refractivity contribution in [2.75, 3.05) is 19.7 Å². The van der Waals surface area contributed by atoms with E-state index in [1.54, 1.807) is 0 Å². The molecule has 0 aromatic carbocycles. The minimum atomic E-state index is -2.52. The number of hydrogen-bond donors (Lipinski definition) is 0. The summed E-state index contributed by atoms with van der Waals surface area (Å²) < 4.78 is 29.3. The lowest BCUT2D eigenvalue weighted by Crippen LogP contribution is -2.34. The molecule has 0 aromatic heterocycles. The van der Waals surface area contributed by atoms with E-state index in [1.807, 2.05) is 13.0 Å². The first-order valence-electron chi connectivity index (χ1n) is 6.33. The summed E-state index contributed by atoms with van der Waals surface area (Å²) in [6, 6.07) is 0. The van der Waals surface area contributed by atoms with Crippen molar-refractivity contribution >= 4 is 13.9 Å². The second-order valence-electron chi connectivity index (χ2n) is 4.18. The van der Waals surface area contributed by atoms with Crippen LogP contribution in [0.15, 0.2) is 16.7 Å². The molecule has 0 N–H and O–H groups in total. The molecule has 6 heteroatoms. The van der Waals surface area contributed by atoms with E-state index >= 15 is 0 Å². The number of alkyl halides is 2. The van der Waals surface area contributed by atoms with Crippen molar-refractivity contribution in [3.63, 3.8) is 0 Å². The Hall–Kier alpha value is -1.07. The Morgan fingerprint density at radius 3 is 2.56 bits per heavy atom. The third-order valence-electron chi connectivity index (χ3n) is 2.78. The zero-order chi connectivity index (χ0) is 13.4. The molecule has 0 saturated carbocycles. The van der Waals surface area contributed by atoms with Gasteiger partial charge in [0, 0.05) is 13.1 Å². The number of halogens is 2. The van der Waals surface area contributed by atoms with Crippen LogP contribution in [-0.2, 0) is 4.74 Å². The minimum absolute atomic E-state index is 0.110. The van der Waals surface area contributed by atoms with Crippen molar-refractivity contribution in [2.45, 2.75) is 39.0 Å². The molecule has 0 atom stereocenters. The molecule has 1 saturated heterocycles. The second-order valence-corrected chi connectivity index (χ2v) is 4.18. The smallest absolute Gasteiger partial charge is 0.272 e. The van der Waals surface area contributed by atoms with E-state index in [-0.39, 0.29) is 5.90 Å². The molecule has 0 amide bonds. The standard InChI is InChI=1S/C12H19BF2N2O/c1-2-6-10(17-7-4-3-5-8-17)12(16-13)18-9-11(14)15/h6,11H,2-5,7-9H2,1H3/b10-6+,16-12?. The summed E-state index contributed by atoms with van der Waals surface area (Å²) in [5, 5.41) is 0. The van der Waals surface area contributed by atoms with Crippen LogP contribution in [0.2, 0.25) is 0 Å². The van der Waals surface area contributed by atoms with E-state index < -0.39 is 13.0 Å². The Kier molecular flexibility index (Phi) is 6.76. The summed E-state index contributed by atoms with van der Waals surface area (Å²) in [5.41, 5.74) is 0.736. The van der Waals surface area contributed by atoms with E-state index in [0.717, 1.165) is 38.0 Å². The number of ether oxygens (including phenoxy) is 1. The minimum Gasteiger partial charge on any atom is -0.471 e. The predicted octanol–water partition coefficient (Wildman–Crippen LogP) is 2.53. The number of rotatable bonds is 5. The van der Waals surface area contributed by atoms with Gasteiger partial charge in [-0.05, 0) is 25.7 Å². The number of allylic oxidation sites excluding steroid dienone is 1. The molecule has 1 aliphatic rings. The third kappa shape index (κ3) is 4.66. The van der Waals surface area contributed by atoms with Crippen LogP contribution in [-0.4, -0.2) is 44.9 Å². The van der Waals surface area contributed by atoms with Crippen LogP contribution in [0.5, 0.6) is 0 Å². The number of likely N-dealkylation sites (tertiary alicyclic amines) is 1. The van der Waals surface area contributed by atoms with Crippen molar-refractivity contribution in [1.82, 2.24) is 4.90 Å². The molecule has 100 valence electrons. The Morgan fingerprint density at radius 1 is 1.39 bits per heavy atom. The van der Waals surface area contributed by atoms with Crippen molar-refractivity contribution in [3.8, 4) is 0 Å². The van der Waals surface area contributed by atoms with Gasteiger partial charge in [-0.25, -0.2) is 8.78 Å². The molecule has 1 heterocycles. The summed E-state index contributed by atoms with van der Waals surface area (Å²) in [6.07, 6.45) is 3.56. The first-order valence-corrected chi connectivity index (χ1v) is 6.33. The second kappa shape index (κ2) is 8.11. The van der Waals surface area contributed by atoms with Gasteiger partial charge in [0.1, 0.15) is 0 Å². The van der Waals surface area contributed by atoms with Crippen LogP contribution in [0.3, 0.4) is 0 Å². The van der Waals surface area contributed by atoms with Gasteiger partial charge in [-0.3, -0.25) is 0 Å². The van der Waals surface area contributed by atoms with Crippen molar-refractivity contribution in [2.24, 2.45) is 4.90 Å². The molecule has 0 unspecified atom stereocenters. The van der Waals surface area contributed by atoms with Crippen LogP contribution >= 0.6 is 0 Å². The van der Waals surface area contributed by atoms with Crippen molar-refractivity contribution < 1.29 is 13.5 Å². The summed E-state index contributed by atoms with van der Waals surface area (Å²) in [7, 11) is 5.25. The molecule has 1 rings (SSSR count). The maximum atomic E-state index is 12.2. The fraction of sp³-hybridized carbons (Fsp3) is 0.750. The van der Waals surface area contributed by atoms with Gasteiger partial charge in [0.25, 0.3) is 14.4 Å². The Bertz CT molecular complexity index is 302. The van der Waals surface area contributed by atoms with Crippen LogP contribution in [0.4, 0.5) is 8.78 Å². The lowest BCUT2D eigenvalue weighted by atomic mass is 10.1.